The molecule has 0 aliphatic carbocycles. The van der Waals surface area contributed by atoms with Gasteiger partial charge in [-0.1, -0.05) is 26.0 Å². The molecule has 3 aliphatic heterocycles. The van der Waals surface area contributed by atoms with E-state index in [4.69, 9.17) is 9.47 Å². The molecule has 1 aromatic carbocycles. The van der Waals surface area contributed by atoms with Crippen LogP contribution in [0.1, 0.15) is 52.0 Å². The maximum atomic E-state index is 15.0. The van der Waals surface area contributed by atoms with Crippen molar-refractivity contribution in [2.45, 2.75) is 77.4 Å². The molecule has 4 heterocycles. The van der Waals surface area contributed by atoms with Crippen LogP contribution in [0.25, 0.3) is 6.08 Å². The number of nitrogens with zero attached hydrogens (tertiary/aromatic N) is 6. The van der Waals surface area contributed by atoms with Crippen molar-refractivity contribution in [3.8, 4) is 0 Å². The SMILES string of the molecule is C/C(=C\c1cc(F)cc(N2CCN(C(=O)Cn3cccn3)CC2)c1)[C@H]1OC(=O)C[C@H](O)CC[C@H](C)[C@@H](OC(=O)N2CC[C@H](N(C)C)C2)/C=C\[C@@H]1C. The highest BCUT2D eigenvalue weighted by Gasteiger charge is 2.32. The molecule has 3 aliphatic rings. The monoisotopic (exact) mass is 708 g/mol. The third-order valence-electron chi connectivity index (χ3n) is 10.2. The second-order valence-electron chi connectivity index (χ2n) is 14.5. The molecule has 13 heteroatoms. The van der Waals surface area contributed by atoms with E-state index in [0.29, 0.717) is 68.9 Å². The Labute approximate surface area is 300 Å². The van der Waals surface area contributed by atoms with Gasteiger partial charge in [0.15, 0.2) is 0 Å². The second kappa shape index (κ2) is 17.3. The minimum atomic E-state index is -0.897. The molecular weight excluding hydrogens is 655 g/mol. The van der Waals surface area contributed by atoms with E-state index < -0.39 is 30.1 Å². The number of anilines is 1. The first-order valence-corrected chi connectivity index (χ1v) is 18.0. The van der Waals surface area contributed by atoms with Crippen LogP contribution in [0, 0.1) is 17.7 Å². The summed E-state index contributed by atoms with van der Waals surface area (Å²) in [6.45, 7) is 9.30. The minimum Gasteiger partial charge on any atom is -0.457 e. The predicted octanol–water partition coefficient (Wildman–Crippen LogP) is 4.20. The first-order valence-electron chi connectivity index (χ1n) is 18.0. The zero-order valence-electron chi connectivity index (χ0n) is 30.5. The number of carbonyl (C=O) groups excluding carboxylic acids is 3. The van der Waals surface area contributed by atoms with Gasteiger partial charge in [0.05, 0.1) is 12.5 Å². The van der Waals surface area contributed by atoms with Crippen molar-refractivity contribution >= 4 is 29.7 Å². The fourth-order valence-corrected chi connectivity index (χ4v) is 7.02. The maximum Gasteiger partial charge on any atom is 0.410 e. The number of amides is 2. The number of likely N-dealkylation sites (tertiary alicyclic amines) is 1. The molecule has 0 saturated carbocycles. The predicted molar refractivity (Wildman–Crippen MR) is 192 cm³/mol. The molecule has 2 fully saturated rings. The number of esters is 1. The standard InChI is InChI=1S/C38H53FN6O6/c1-26-7-9-33(46)23-36(48)51-37(27(2)8-10-34(26)50-38(49)44-14-11-31(24-44)41(4)5)28(3)19-29-20-30(39)22-32(21-29)42-15-17-43(18-16-42)35(47)25-45-13-6-12-40-45/h6,8,10,12-13,19-22,26-27,31,33-34,37,46H,7,9,11,14-18,23-25H2,1-5H3/b10-8-,28-19+/t26-,27-,31-,33+,34-,37-/m0/s1. The molecule has 5 rings (SSSR count). The van der Waals surface area contributed by atoms with Crippen molar-refractivity contribution in [1.29, 1.82) is 0 Å². The van der Waals surface area contributed by atoms with Crippen LogP contribution in [0.4, 0.5) is 14.9 Å². The second-order valence-corrected chi connectivity index (χ2v) is 14.5. The molecule has 51 heavy (non-hydrogen) atoms. The van der Waals surface area contributed by atoms with Crippen LogP contribution in [0.3, 0.4) is 0 Å². The molecule has 0 unspecified atom stereocenters. The van der Waals surface area contributed by atoms with Crippen molar-refractivity contribution in [3.05, 3.63) is 65.8 Å². The summed E-state index contributed by atoms with van der Waals surface area (Å²) in [4.78, 5) is 46.7. The summed E-state index contributed by atoms with van der Waals surface area (Å²) in [6, 6.07) is 6.89. The average molecular weight is 709 g/mol. The van der Waals surface area contributed by atoms with Gasteiger partial charge in [-0.3, -0.25) is 14.3 Å². The molecule has 278 valence electrons. The van der Waals surface area contributed by atoms with Crippen molar-refractivity contribution in [1.82, 2.24) is 24.5 Å². The number of aliphatic hydroxyl groups is 1. The smallest absolute Gasteiger partial charge is 0.410 e. The molecule has 0 radical (unpaired) electrons. The Morgan fingerprint density at radius 2 is 1.82 bits per heavy atom. The zero-order chi connectivity index (χ0) is 36.7. The van der Waals surface area contributed by atoms with E-state index >= 15 is 4.39 Å². The topological polar surface area (TPSA) is 121 Å². The molecule has 6 atom stereocenters. The van der Waals surface area contributed by atoms with Crippen LogP contribution < -0.4 is 4.90 Å². The number of likely N-dealkylation sites (N-methyl/N-ethyl adjacent to an activating group) is 1. The molecule has 2 saturated heterocycles. The van der Waals surface area contributed by atoms with Crippen LogP contribution in [-0.4, -0.2) is 125 Å². The largest absolute Gasteiger partial charge is 0.457 e. The summed E-state index contributed by atoms with van der Waals surface area (Å²) in [5.41, 5.74) is 2.01. The minimum absolute atomic E-state index is 0.0113. The number of hydrogen-bond donors (Lipinski definition) is 1. The lowest BCUT2D eigenvalue weighted by molar-refractivity contribution is -0.151. The lowest BCUT2D eigenvalue weighted by atomic mass is 9.91. The number of aliphatic hydroxyl groups excluding tert-OH is 1. The van der Waals surface area contributed by atoms with Gasteiger partial charge in [0.25, 0.3) is 0 Å². The molecule has 1 N–H and O–H groups in total. The number of ether oxygens (including phenoxy) is 2. The van der Waals surface area contributed by atoms with E-state index in [1.54, 1.807) is 32.9 Å². The molecule has 2 amide bonds. The van der Waals surface area contributed by atoms with Crippen LogP contribution in [0.5, 0.6) is 0 Å². The highest BCUT2D eigenvalue weighted by Crippen LogP contribution is 2.28. The number of piperazine rings is 1. The van der Waals surface area contributed by atoms with Gasteiger partial charge in [-0.25, -0.2) is 9.18 Å². The number of hydrogen-bond acceptors (Lipinski definition) is 9. The molecule has 0 bridgehead atoms. The Kier molecular flexibility index (Phi) is 12.9. The summed E-state index contributed by atoms with van der Waals surface area (Å²) < 4.78 is 28.6. The summed E-state index contributed by atoms with van der Waals surface area (Å²) in [6.07, 6.45) is 8.16. The van der Waals surface area contributed by atoms with Crippen molar-refractivity contribution in [2.75, 3.05) is 58.3 Å². The molecule has 2 aromatic rings. The number of cyclic esters (lactones) is 1. The van der Waals surface area contributed by atoms with Gasteiger partial charge < -0.3 is 34.2 Å². The first kappa shape index (κ1) is 38.0. The Morgan fingerprint density at radius 1 is 1.06 bits per heavy atom. The highest BCUT2D eigenvalue weighted by molar-refractivity contribution is 5.76. The lowest BCUT2D eigenvalue weighted by Crippen LogP contribution is -2.49. The third-order valence-corrected chi connectivity index (χ3v) is 10.2. The summed E-state index contributed by atoms with van der Waals surface area (Å²) in [7, 11) is 4.02. The molecular formula is C38H53FN6O6. The Bertz CT molecular complexity index is 1560. The van der Waals surface area contributed by atoms with Gasteiger partial charge in [0.1, 0.15) is 24.6 Å². The van der Waals surface area contributed by atoms with E-state index in [2.05, 4.69) is 14.9 Å². The van der Waals surface area contributed by atoms with Crippen LogP contribution in [-0.2, 0) is 25.6 Å². The summed E-state index contributed by atoms with van der Waals surface area (Å²) in [5, 5.41) is 14.8. The van der Waals surface area contributed by atoms with Gasteiger partial charge in [0.2, 0.25) is 5.91 Å². The van der Waals surface area contributed by atoms with Gasteiger partial charge in [-0.05, 0) is 87.7 Å². The van der Waals surface area contributed by atoms with Gasteiger partial charge in [-0.15, -0.1) is 0 Å². The molecule has 1 aromatic heterocycles. The summed E-state index contributed by atoms with van der Waals surface area (Å²) in [5.74, 6) is -1.33. The lowest BCUT2D eigenvalue weighted by Gasteiger charge is -2.36. The van der Waals surface area contributed by atoms with Crippen molar-refractivity contribution < 1.29 is 33.4 Å². The van der Waals surface area contributed by atoms with E-state index in [1.165, 1.54) is 12.1 Å². The Balaban J connectivity index is 1.29. The number of benzene rings is 1. The maximum absolute atomic E-state index is 15.0. The van der Waals surface area contributed by atoms with Gasteiger partial charge >= 0.3 is 12.1 Å². The van der Waals surface area contributed by atoms with Crippen LogP contribution >= 0.6 is 0 Å². The Hall–Kier alpha value is -4.23. The fourth-order valence-electron chi connectivity index (χ4n) is 7.02. The van der Waals surface area contributed by atoms with Crippen molar-refractivity contribution in [2.24, 2.45) is 11.8 Å². The van der Waals surface area contributed by atoms with Crippen LogP contribution in [0.2, 0.25) is 0 Å². The Morgan fingerprint density at radius 3 is 2.51 bits per heavy atom. The van der Waals surface area contributed by atoms with E-state index in [9.17, 15) is 19.5 Å². The normalized spacial score (nSPS) is 27.5. The van der Waals surface area contributed by atoms with Crippen molar-refractivity contribution in [3.63, 3.8) is 0 Å². The fraction of sp³-hybridized carbons (Fsp3) is 0.579. The highest BCUT2D eigenvalue weighted by atomic mass is 19.1. The number of carbonyl (C=O) groups is 3. The average Bonchev–Trinajstić information content (AvgIpc) is 3.80. The van der Waals surface area contributed by atoms with E-state index in [0.717, 1.165) is 6.42 Å². The summed E-state index contributed by atoms with van der Waals surface area (Å²) >= 11 is 0. The number of halogens is 1. The number of aromatic nitrogens is 2. The quantitative estimate of drug-likeness (QED) is 0.334. The zero-order valence-corrected chi connectivity index (χ0v) is 30.5. The first-order chi connectivity index (χ1) is 24.4. The number of rotatable bonds is 7. The van der Waals surface area contributed by atoms with Gasteiger partial charge in [-0.2, -0.15) is 5.10 Å². The van der Waals surface area contributed by atoms with Gasteiger partial charge in [0, 0.05) is 69.3 Å². The van der Waals surface area contributed by atoms with E-state index in [1.807, 2.05) is 59.2 Å². The van der Waals surface area contributed by atoms with E-state index in [-0.39, 0.29) is 42.8 Å². The van der Waals surface area contributed by atoms with Crippen LogP contribution in [0.15, 0.2) is 54.4 Å². The third kappa shape index (κ3) is 10.4. The molecule has 12 nitrogen and oxygen atoms in total. The molecule has 0 spiro atoms.